The molecule has 1 heterocycles. The van der Waals surface area contributed by atoms with E-state index in [0.29, 0.717) is 0 Å². The molecule has 2 rings (SSSR count). The van der Waals surface area contributed by atoms with Crippen molar-refractivity contribution in [3.8, 4) is 0 Å². The predicted molar refractivity (Wildman–Crippen MR) is 58.1 cm³/mol. The van der Waals surface area contributed by atoms with E-state index in [2.05, 4.69) is 19.1 Å². The van der Waals surface area contributed by atoms with Crippen LogP contribution in [0.5, 0.6) is 0 Å². The van der Waals surface area contributed by atoms with Crippen molar-refractivity contribution in [3.63, 3.8) is 0 Å². The van der Waals surface area contributed by atoms with Gasteiger partial charge in [-0.2, -0.15) is 0 Å². The number of amides is 2. The smallest absolute Gasteiger partial charge is 0.253 e. The Bertz CT molecular complexity index is 364. The summed E-state index contributed by atoms with van der Waals surface area (Å²) in [5.41, 5.74) is 1.32. The van der Waals surface area contributed by atoms with Gasteiger partial charge < -0.3 is 0 Å². The summed E-state index contributed by atoms with van der Waals surface area (Å²) in [7, 11) is 1.45. The highest BCUT2D eigenvalue weighted by atomic mass is 16.2. The first kappa shape index (κ1) is 11.2. The van der Waals surface area contributed by atoms with Crippen LogP contribution in [0.15, 0.2) is 42.5 Å². The molecule has 0 saturated heterocycles. The van der Waals surface area contributed by atoms with Crippen LogP contribution in [-0.4, -0.2) is 23.8 Å². The summed E-state index contributed by atoms with van der Waals surface area (Å²) in [5, 5.41) is 0. The highest BCUT2D eigenvalue weighted by Gasteiger charge is 2.17. The second kappa shape index (κ2) is 5.10. The van der Waals surface area contributed by atoms with Crippen LogP contribution >= 0.6 is 0 Å². The first-order valence-corrected chi connectivity index (χ1v) is 4.62. The normalized spacial score (nSPS) is 13.9. The molecule has 0 aromatic heterocycles. The average Bonchev–Trinajstić information content (AvgIpc) is 2.52. The Balaban J connectivity index is 0.000000151. The zero-order valence-electron chi connectivity index (χ0n) is 8.81. The number of aryl methyl sites for hydroxylation is 1. The molecule has 0 saturated carbocycles. The highest BCUT2D eigenvalue weighted by Crippen LogP contribution is 1.97. The topological polar surface area (TPSA) is 37.4 Å². The van der Waals surface area contributed by atoms with E-state index < -0.39 is 0 Å². The fourth-order valence-corrected chi connectivity index (χ4v) is 1.01. The van der Waals surface area contributed by atoms with Gasteiger partial charge in [-0.15, -0.1) is 0 Å². The lowest BCUT2D eigenvalue weighted by Gasteiger charge is -2.01. The van der Waals surface area contributed by atoms with Crippen LogP contribution in [0, 0.1) is 6.92 Å². The standard InChI is InChI=1S/C7H8.C5H5NO2/c1-7-5-3-2-4-6-7;1-6-4(7)2-3-5(6)8/h2-6H,1H3;2-3H,1H3. The van der Waals surface area contributed by atoms with Gasteiger partial charge in [-0.1, -0.05) is 35.9 Å². The number of benzene rings is 1. The third-order valence-electron chi connectivity index (χ3n) is 1.97. The van der Waals surface area contributed by atoms with Crippen molar-refractivity contribution < 1.29 is 9.59 Å². The molecule has 1 aliphatic rings. The van der Waals surface area contributed by atoms with Crippen molar-refractivity contribution in [3.05, 3.63) is 48.0 Å². The number of carbonyl (C=O) groups is 2. The van der Waals surface area contributed by atoms with Crippen LogP contribution < -0.4 is 0 Å². The Kier molecular flexibility index (Phi) is 3.80. The average molecular weight is 203 g/mol. The molecule has 1 aliphatic heterocycles. The molecule has 15 heavy (non-hydrogen) atoms. The van der Waals surface area contributed by atoms with Gasteiger partial charge in [-0.25, -0.2) is 0 Å². The molecule has 2 amide bonds. The predicted octanol–water partition coefficient (Wildman–Crippen LogP) is 1.54. The molecular formula is C12H13NO2. The number of carbonyl (C=O) groups excluding carboxylic acids is 2. The summed E-state index contributed by atoms with van der Waals surface area (Å²) < 4.78 is 0. The van der Waals surface area contributed by atoms with E-state index in [0.717, 1.165) is 4.90 Å². The van der Waals surface area contributed by atoms with Gasteiger partial charge >= 0.3 is 0 Å². The first-order chi connectivity index (χ1) is 7.11. The molecule has 0 bridgehead atoms. The Morgan fingerprint density at radius 2 is 1.40 bits per heavy atom. The molecule has 0 unspecified atom stereocenters. The van der Waals surface area contributed by atoms with Crippen LogP contribution in [0.3, 0.4) is 0 Å². The molecule has 3 nitrogen and oxygen atoms in total. The molecule has 1 aromatic carbocycles. The van der Waals surface area contributed by atoms with Gasteiger partial charge in [0.1, 0.15) is 0 Å². The van der Waals surface area contributed by atoms with E-state index in [4.69, 9.17) is 0 Å². The molecular weight excluding hydrogens is 190 g/mol. The molecule has 78 valence electrons. The Morgan fingerprint density at radius 1 is 0.933 bits per heavy atom. The summed E-state index contributed by atoms with van der Waals surface area (Å²) in [6.45, 7) is 2.08. The molecule has 0 spiro atoms. The first-order valence-electron chi connectivity index (χ1n) is 4.62. The van der Waals surface area contributed by atoms with Gasteiger partial charge in [0.25, 0.3) is 11.8 Å². The molecule has 1 aromatic rings. The summed E-state index contributed by atoms with van der Waals surface area (Å²) >= 11 is 0. The number of rotatable bonds is 0. The second-order valence-corrected chi connectivity index (χ2v) is 3.22. The Hall–Kier alpha value is -1.90. The minimum atomic E-state index is -0.241. The minimum absolute atomic E-state index is 0.241. The van der Waals surface area contributed by atoms with Crippen molar-refractivity contribution in [1.82, 2.24) is 4.90 Å². The van der Waals surface area contributed by atoms with Crippen molar-refractivity contribution in [2.45, 2.75) is 6.92 Å². The summed E-state index contributed by atoms with van der Waals surface area (Å²) in [4.78, 5) is 21.9. The summed E-state index contributed by atoms with van der Waals surface area (Å²) in [6.07, 6.45) is 2.50. The zero-order valence-corrected chi connectivity index (χ0v) is 8.81. The van der Waals surface area contributed by atoms with Crippen LogP contribution in [0.2, 0.25) is 0 Å². The maximum atomic E-state index is 10.4. The zero-order chi connectivity index (χ0) is 11.3. The fraction of sp³-hybridized carbons (Fsp3) is 0.167. The largest absolute Gasteiger partial charge is 0.279 e. The lowest BCUT2D eigenvalue weighted by molar-refractivity contribution is -0.135. The number of likely N-dealkylation sites (N-methyl/N-ethyl adjacent to an activating group) is 1. The van der Waals surface area contributed by atoms with Gasteiger partial charge in [0, 0.05) is 19.2 Å². The molecule has 0 aliphatic carbocycles. The highest BCUT2D eigenvalue weighted by molar-refractivity contribution is 6.12. The SMILES string of the molecule is CN1C(=O)C=CC1=O.Cc1ccccc1. The summed E-state index contributed by atoms with van der Waals surface area (Å²) in [5.74, 6) is -0.481. The van der Waals surface area contributed by atoms with Crippen molar-refractivity contribution in [2.24, 2.45) is 0 Å². The lowest BCUT2D eigenvalue weighted by atomic mass is 10.2. The minimum Gasteiger partial charge on any atom is -0.279 e. The van der Waals surface area contributed by atoms with Crippen LogP contribution in [0.4, 0.5) is 0 Å². The van der Waals surface area contributed by atoms with Crippen molar-refractivity contribution in [1.29, 1.82) is 0 Å². The van der Waals surface area contributed by atoms with E-state index in [-0.39, 0.29) is 11.8 Å². The van der Waals surface area contributed by atoms with Gasteiger partial charge in [-0.05, 0) is 6.92 Å². The maximum absolute atomic E-state index is 10.4. The molecule has 0 atom stereocenters. The van der Waals surface area contributed by atoms with Gasteiger partial charge in [0.05, 0.1) is 0 Å². The van der Waals surface area contributed by atoms with E-state index in [1.165, 1.54) is 24.8 Å². The van der Waals surface area contributed by atoms with E-state index in [1.54, 1.807) is 0 Å². The number of nitrogens with zero attached hydrogens (tertiary/aromatic N) is 1. The third-order valence-corrected chi connectivity index (χ3v) is 1.97. The van der Waals surface area contributed by atoms with Crippen LogP contribution in [-0.2, 0) is 9.59 Å². The third kappa shape index (κ3) is 3.38. The quantitative estimate of drug-likeness (QED) is 0.600. The Morgan fingerprint density at radius 3 is 1.60 bits per heavy atom. The lowest BCUT2D eigenvalue weighted by Crippen LogP contribution is -2.24. The van der Waals surface area contributed by atoms with Gasteiger partial charge in [0.2, 0.25) is 0 Å². The fourth-order valence-electron chi connectivity index (χ4n) is 1.01. The molecule has 0 fully saturated rings. The maximum Gasteiger partial charge on any atom is 0.253 e. The molecule has 0 radical (unpaired) electrons. The van der Waals surface area contributed by atoms with Crippen molar-refractivity contribution in [2.75, 3.05) is 7.05 Å². The van der Waals surface area contributed by atoms with E-state index in [1.807, 2.05) is 18.2 Å². The second-order valence-electron chi connectivity index (χ2n) is 3.22. The molecule has 3 heteroatoms. The van der Waals surface area contributed by atoms with Crippen molar-refractivity contribution >= 4 is 11.8 Å². The van der Waals surface area contributed by atoms with Gasteiger partial charge in [0.15, 0.2) is 0 Å². The summed E-state index contributed by atoms with van der Waals surface area (Å²) in [6, 6.07) is 10.3. The van der Waals surface area contributed by atoms with E-state index >= 15 is 0 Å². The number of imide groups is 1. The van der Waals surface area contributed by atoms with Gasteiger partial charge in [-0.3, -0.25) is 14.5 Å². The monoisotopic (exact) mass is 203 g/mol. The Labute approximate surface area is 89.0 Å². The van der Waals surface area contributed by atoms with E-state index in [9.17, 15) is 9.59 Å². The molecule has 0 N–H and O–H groups in total. The number of hydrogen-bond donors (Lipinski definition) is 0. The van der Waals surface area contributed by atoms with Crippen LogP contribution in [0.1, 0.15) is 5.56 Å². The van der Waals surface area contributed by atoms with Crippen LogP contribution in [0.25, 0.3) is 0 Å². The number of hydrogen-bond acceptors (Lipinski definition) is 2.